The lowest BCUT2D eigenvalue weighted by molar-refractivity contribution is 0.208. The molecule has 0 radical (unpaired) electrons. The lowest BCUT2D eigenvalue weighted by Gasteiger charge is -2.22. The molecule has 1 aromatic carbocycles. The van der Waals surface area contributed by atoms with Crippen molar-refractivity contribution in [2.45, 2.75) is 32.1 Å². The summed E-state index contributed by atoms with van der Waals surface area (Å²) in [5.74, 6) is 1.52. The predicted octanol–water partition coefficient (Wildman–Crippen LogP) is 3.28. The zero-order valence-electron chi connectivity index (χ0n) is 10.0. The van der Waals surface area contributed by atoms with E-state index in [4.69, 9.17) is 22.7 Å². The summed E-state index contributed by atoms with van der Waals surface area (Å²) in [5.41, 5.74) is 6.52. The molecule has 1 fully saturated rings. The third kappa shape index (κ3) is 3.43. The summed E-state index contributed by atoms with van der Waals surface area (Å²) in [7, 11) is 0. The minimum atomic E-state index is 0.407. The summed E-state index contributed by atoms with van der Waals surface area (Å²) < 4.78 is 5.87. The lowest BCUT2D eigenvalue weighted by atomic mass is 9.90. The third-order valence-electron chi connectivity index (χ3n) is 3.35. The molecule has 2 nitrogen and oxygen atoms in total. The van der Waals surface area contributed by atoms with Crippen LogP contribution < -0.4 is 10.5 Å². The molecule has 1 aromatic rings. The van der Waals surface area contributed by atoms with Crippen molar-refractivity contribution in [3.8, 4) is 5.75 Å². The monoisotopic (exact) mass is 249 g/mol. The van der Waals surface area contributed by atoms with E-state index in [9.17, 15) is 0 Å². The second kappa shape index (κ2) is 6.01. The van der Waals surface area contributed by atoms with Gasteiger partial charge in [-0.25, -0.2) is 0 Å². The number of nitrogens with two attached hydrogens (primary N) is 1. The largest absolute Gasteiger partial charge is 0.493 e. The highest BCUT2D eigenvalue weighted by Gasteiger charge is 2.15. The molecule has 2 rings (SSSR count). The quantitative estimate of drug-likeness (QED) is 0.832. The average Bonchev–Trinajstić information content (AvgIpc) is 2.38. The summed E-state index contributed by atoms with van der Waals surface area (Å²) in [6, 6.07) is 7.75. The van der Waals surface area contributed by atoms with Crippen molar-refractivity contribution in [2.24, 2.45) is 11.7 Å². The summed E-state index contributed by atoms with van der Waals surface area (Å²) in [6.45, 7) is 0.791. The molecule has 2 N–H and O–H groups in total. The first-order valence-corrected chi connectivity index (χ1v) is 6.70. The Balaban J connectivity index is 1.96. The van der Waals surface area contributed by atoms with E-state index >= 15 is 0 Å². The fraction of sp³-hybridized carbons (Fsp3) is 0.500. The van der Waals surface area contributed by atoms with Crippen molar-refractivity contribution in [1.29, 1.82) is 0 Å². The maximum Gasteiger partial charge on any atom is 0.129 e. The highest BCUT2D eigenvalue weighted by atomic mass is 32.1. The highest BCUT2D eigenvalue weighted by Crippen LogP contribution is 2.25. The molecule has 3 heteroatoms. The minimum Gasteiger partial charge on any atom is -0.493 e. The van der Waals surface area contributed by atoms with Gasteiger partial charge in [-0.05, 0) is 30.9 Å². The Morgan fingerprint density at radius 2 is 1.94 bits per heavy atom. The molecule has 0 saturated heterocycles. The van der Waals surface area contributed by atoms with E-state index < -0.39 is 0 Å². The molecule has 92 valence electrons. The van der Waals surface area contributed by atoms with Gasteiger partial charge in [0.2, 0.25) is 0 Å². The average molecular weight is 249 g/mol. The minimum absolute atomic E-state index is 0.407. The standard InChI is InChI=1S/C14H19NOS/c15-14(17)12-8-4-5-9-13(12)16-10-11-6-2-1-3-7-11/h4-5,8-9,11H,1-3,6-7,10H2,(H2,15,17). The number of rotatable bonds is 4. The molecule has 0 spiro atoms. The van der Waals surface area contributed by atoms with Gasteiger partial charge in [-0.2, -0.15) is 0 Å². The Kier molecular flexibility index (Phi) is 4.37. The van der Waals surface area contributed by atoms with Gasteiger partial charge in [0.15, 0.2) is 0 Å². The van der Waals surface area contributed by atoms with Crippen molar-refractivity contribution >= 4 is 17.2 Å². The van der Waals surface area contributed by atoms with Crippen LogP contribution in [0.2, 0.25) is 0 Å². The second-order valence-electron chi connectivity index (χ2n) is 4.68. The molecule has 0 atom stereocenters. The van der Waals surface area contributed by atoms with E-state index in [-0.39, 0.29) is 0 Å². The molecule has 1 saturated carbocycles. The van der Waals surface area contributed by atoms with E-state index in [2.05, 4.69) is 0 Å². The molecular weight excluding hydrogens is 230 g/mol. The Bertz CT molecular complexity index is 386. The molecule has 0 heterocycles. The molecule has 0 aliphatic heterocycles. The Morgan fingerprint density at radius 1 is 1.24 bits per heavy atom. The summed E-state index contributed by atoms with van der Waals surface area (Å²) in [5, 5.41) is 0. The normalized spacial score (nSPS) is 16.7. The van der Waals surface area contributed by atoms with Gasteiger partial charge in [0.05, 0.1) is 12.2 Å². The smallest absolute Gasteiger partial charge is 0.129 e. The molecular formula is C14H19NOS. The molecule has 0 aromatic heterocycles. The van der Waals surface area contributed by atoms with Gasteiger partial charge in [-0.3, -0.25) is 0 Å². The lowest BCUT2D eigenvalue weighted by Crippen LogP contribution is -2.17. The number of para-hydroxylation sites is 1. The van der Waals surface area contributed by atoms with Gasteiger partial charge < -0.3 is 10.5 Å². The number of hydrogen-bond donors (Lipinski definition) is 1. The van der Waals surface area contributed by atoms with E-state index in [1.54, 1.807) is 0 Å². The van der Waals surface area contributed by atoms with Crippen LogP contribution in [-0.2, 0) is 0 Å². The first-order valence-electron chi connectivity index (χ1n) is 6.29. The van der Waals surface area contributed by atoms with Crippen LogP contribution in [-0.4, -0.2) is 11.6 Å². The first kappa shape index (κ1) is 12.4. The molecule has 1 aliphatic rings. The summed E-state index contributed by atoms with van der Waals surface area (Å²) >= 11 is 5.02. The van der Waals surface area contributed by atoms with Crippen LogP contribution >= 0.6 is 12.2 Å². The zero-order valence-corrected chi connectivity index (χ0v) is 10.8. The number of hydrogen-bond acceptors (Lipinski definition) is 2. The van der Waals surface area contributed by atoms with Crippen molar-refractivity contribution in [1.82, 2.24) is 0 Å². The van der Waals surface area contributed by atoms with E-state index in [0.717, 1.165) is 17.9 Å². The topological polar surface area (TPSA) is 35.2 Å². The van der Waals surface area contributed by atoms with Crippen LogP contribution in [0.3, 0.4) is 0 Å². The predicted molar refractivity (Wildman–Crippen MR) is 74.4 cm³/mol. The summed E-state index contributed by atoms with van der Waals surface area (Å²) in [4.78, 5) is 0.407. The fourth-order valence-corrected chi connectivity index (χ4v) is 2.53. The van der Waals surface area contributed by atoms with Crippen molar-refractivity contribution in [3.05, 3.63) is 29.8 Å². The highest BCUT2D eigenvalue weighted by molar-refractivity contribution is 7.80. The Hall–Kier alpha value is -1.09. The van der Waals surface area contributed by atoms with Crippen LogP contribution in [0.5, 0.6) is 5.75 Å². The van der Waals surface area contributed by atoms with Crippen molar-refractivity contribution in [2.75, 3.05) is 6.61 Å². The van der Waals surface area contributed by atoms with Gasteiger partial charge in [0, 0.05) is 0 Å². The summed E-state index contributed by atoms with van der Waals surface area (Å²) in [6.07, 6.45) is 6.63. The number of benzene rings is 1. The first-order chi connectivity index (χ1) is 8.27. The number of ether oxygens (including phenoxy) is 1. The van der Waals surface area contributed by atoms with Crippen LogP contribution in [0, 0.1) is 5.92 Å². The van der Waals surface area contributed by atoms with E-state index in [1.165, 1.54) is 32.1 Å². The van der Waals surface area contributed by atoms with Gasteiger partial charge in [0.25, 0.3) is 0 Å². The van der Waals surface area contributed by atoms with Crippen LogP contribution in [0.4, 0.5) is 0 Å². The Labute approximate surface area is 108 Å². The van der Waals surface area contributed by atoms with Crippen molar-refractivity contribution < 1.29 is 4.74 Å². The maximum atomic E-state index is 5.87. The SMILES string of the molecule is NC(=S)c1ccccc1OCC1CCCCC1. The van der Waals surface area contributed by atoms with Crippen LogP contribution in [0.1, 0.15) is 37.7 Å². The van der Waals surface area contributed by atoms with Gasteiger partial charge in [-0.15, -0.1) is 0 Å². The van der Waals surface area contributed by atoms with Crippen LogP contribution in [0.25, 0.3) is 0 Å². The van der Waals surface area contributed by atoms with Gasteiger partial charge in [-0.1, -0.05) is 43.6 Å². The molecule has 17 heavy (non-hydrogen) atoms. The van der Waals surface area contributed by atoms with Crippen LogP contribution in [0.15, 0.2) is 24.3 Å². The third-order valence-corrected chi connectivity index (χ3v) is 3.57. The fourth-order valence-electron chi connectivity index (χ4n) is 2.36. The molecule has 0 bridgehead atoms. The number of thiocarbonyl (C=S) groups is 1. The second-order valence-corrected chi connectivity index (χ2v) is 5.12. The maximum absolute atomic E-state index is 5.87. The van der Waals surface area contributed by atoms with E-state index in [0.29, 0.717) is 10.9 Å². The molecule has 1 aliphatic carbocycles. The van der Waals surface area contributed by atoms with Gasteiger partial charge >= 0.3 is 0 Å². The zero-order chi connectivity index (χ0) is 12.1. The van der Waals surface area contributed by atoms with E-state index in [1.807, 2.05) is 24.3 Å². The molecule has 0 amide bonds. The van der Waals surface area contributed by atoms with Crippen molar-refractivity contribution in [3.63, 3.8) is 0 Å². The van der Waals surface area contributed by atoms with Gasteiger partial charge in [0.1, 0.15) is 10.7 Å². The molecule has 0 unspecified atom stereocenters. The Morgan fingerprint density at radius 3 is 2.65 bits per heavy atom.